The first-order chi connectivity index (χ1) is 14.6. The Balaban J connectivity index is 1.54. The highest BCUT2D eigenvalue weighted by atomic mass is 16.7. The Morgan fingerprint density at radius 2 is 2.17 bits per heavy atom. The molecule has 30 heavy (non-hydrogen) atoms. The van der Waals surface area contributed by atoms with Crippen LogP contribution in [0.5, 0.6) is 5.88 Å². The smallest absolute Gasteiger partial charge is 0.375 e. The molecule has 158 valence electrons. The highest BCUT2D eigenvalue weighted by molar-refractivity contribution is 5.73. The number of aromatic nitrogens is 3. The predicted octanol–water partition coefficient (Wildman–Crippen LogP) is -0.0196. The largest absolute Gasteiger partial charge is 0.466 e. The number of anilines is 1. The lowest BCUT2D eigenvalue weighted by Crippen LogP contribution is -2.38. The molecule has 12 nitrogen and oxygen atoms in total. The molecule has 2 aliphatic rings. The van der Waals surface area contributed by atoms with E-state index in [1.54, 1.807) is 24.1 Å². The van der Waals surface area contributed by atoms with E-state index in [1.807, 2.05) is 0 Å². The second kappa shape index (κ2) is 8.35. The van der Waals surface area contributed by atoms with E-state index in [2.05, 4.69) is 15.1 Å². The minimum atomic E-state index is -0.555. The van der Waals surface area contributed by atoms with Crippen LogP contribution in [0.2, 0.25) is 0 Å². The minimum Gasteiger partial charge on any atom is -0.466 e. The van der Waals surface area contributed by atoms with Gasteiger partial charge in [-0.15, -0.1) is 0 Å². The van der Waals surface area contributed by atoms with Gasteiger partial charge in [-0.05, 0) is 25.8 Å². The Morgan fingerprint density at radius 1 is 1.37 bits per heavy atom. The summed E-state index contributed by atoms with van der Waals surface area (Å²) in [4.78, 5) is 38.8. The number of fused-ring (bicyclic) bond motifs is 1. The van der Waals surface area contributed by atoms with Crippen LogP contribution in [0.25, 0.3) is 12.3 Å². The fraction of sp³-hybridized carbons (Fsp3) is 0.444. The highest BCUT2D eigenvalue weighted by Gasteiger charge is 2.33. The van der Waals surface area contributed by atoms with Crippen molar-refractivity contribution in [3.8, 4) is 5.88 Å². The van der Waals surface area contributed by atoms with Crippen LogP contribution in [0, 0.1) is 16.0 Å². The van der Waals surface area contributed by atoms with Gasteiger partial charge in [-0.3, -0.25) is 14.9 Å². The Morgan fingerprint density at radius 3 is 2.90 bits per heavy atom. The van der Waals surface area contributed by atoms with Gasteiger partial charge in [0.15, 0.2) is 5.42 Å². The maximum absolute atomic E-state index is 11.9. The van der Waals surface area contributed by atoms with E-state index in [9.17, 15) is 14.9 Å². The maximum atomic E-state index is 11.9. The SMILES string of the molecule is CCOC(=O)C1CCN(c2ncnc(ON3C=c4cnoc4=CC3)c2[N+](=O)[O-])CC1. The standard InChI is InChI=1S/C18H20N6O6/c1-2-28-18(25)12-3-6-22(7-4-12)16-15(24(26)27)17(20-11-19-16)30-23-8-5-14-13(10-23)9-21-29-14/h5,9-12H,2-4,6-8H2,1H3. The lowest BCUT2D eigenvalue weighted by molar-refractivity contribution is -0.386. The van der Waals surface area contributed by atoms with E-state index < -0.39 is 4.92 Å². The third-order valence-electron chi connectivity index (χ3n) is 4.94. The molecular formula is C18H20N6O6. The summed E-state index contributed by atoms with van der Waals surface area (Å²) in [6.07, 6.45) is 7.18. The number of nitro groups is 1. The average molecular weight is 416 g/mol. The zero-order chi connectivity index (χ0) is 21.1. The zero-order valence-corrected chi connectivity index (χ0v) is 16.3. The van der Waals surface area contributed by atoms with Crippen LogP contribution in [0.1, 0.15) is 19.8 Å². The number of carbonyl (C=O) groups excluding carboxylic acids is 1. The number of hydrogen-bond donors (Lipinski definition) is 0. The summed E-state index contributed by atoms with van der Waals surface area (Å²) in [5.74, 6) is -0.446. The van der Waals surface area contributed by atoms with Gasteiger partial charge in [-0.1, -0.05) is 5.16 Å². The summed E-state index contributed by atoms with van der Waals surface area (Å²) in [5.41, 5.74) is 0.286. The van der Waals surface area contributed by atoms with Crippen molar-refractivity contribution in [2.45, 2.75) is 19.8 Å². The predicted molar refractivity (Wildman–Crippen MR) is 102 cm³/mol. The van der Waals surface area contributed by atoms with Crippen LogP contribution in [0.15, 0.2) is 17.0 Å². The van der Waals surface area contributed by atoms with E-state index in [1.165, 1.54) is 17.6 Å². The molecule has 0 atom stereocenters. The second-order valence-corrected chi connectivity index (χ2v) is 6.79. The van der Waals surface area contributed by atoms with Crippen LogP contribution in [-0.4, -0.2) is 57.3 Å². The molecular weight excluding hydrogens is 396 g/mol. The van der Waals surface area contributed by atoms with E-state index >= 15 is 0 Å². The van der Waals surface area contributed by atoms with Crippen LogP contribution < -0.4 is 20.4 Å². The topological polar surface area (TPSA) is 137 Å². The van der Waals surface area contributed by atoms with E-state index in [-0.39, 0.29) is 29.3 Å². The molecule has 0 aromatic carbocycles. The highest BCUT2D eigenvalue weighted by Crippen LogP contribution is 2.36. The average Bonchev–Trinajstić information content (AvgIpc) is 3.21. The number of esters is 1. The van der Waals surface area contributed by atoms with Gasteiger partial charge in [0.05, 0.1) is 41.6 Å². The first-order valence-electron chi connectivity index (χ1n) is 9.55. The van der Waals surface area contributed by atoms with E-state index in [0.717, 1.165) is 0 Å². The van der Waals surface area contributed by atoms with Gasteiger partial charge in [0, 0.05) is 13.1 Å². The summed E-state index contributed by atoms with van der Waals surface area (Å²) in [5, 5.41) is 17.6. The van der Waals surface area contributed by atoms with Crippen molar-refractivity contribution in [1.82, 2.24) is 20.2 Å². The summed E-state index contributed by atoms with van der Waals surface area (Å²) >= 11 is 0. The van der Waals surface area contributed by atoms with Crippen molar-refractivity contribution in [2.24, 2.45) is 5.92 Å². The Bertz CT molecular complexity index is 1060. The summed E-state index contributed by atoms with van der Waals surface area (Å²) < 4.78 is 10.1. The van der Waals surface area contributed by atoms with Gasteiger partial charge in [0.2, 0.25) is 5.82 Å². The van der Waals surface area contributed by atoms with Gasteiger partial charge >= 0.3 is 17.5 Å². The van der Waals surface area contributed by atoms with Crippen molar-refractivity contribution >= 4 is 29.8 Å². The fourth-order valence-electron chi connectivity index (χ4n) is 3.46. The summed E-state index contributed by atoms with van der Waals surface area (Å²) in [6.45, 7) is 3.28. The Kier molecular flexibility index (Phi) is 5.46. The molecule has 1 fully saturated rings. The number of ether oxygens (including phenoxy) is 1. The molecule has 12 heteroatoms. The number of hydroxylamine groups is 2. The molecule has 4 rings (SSSR count). The Hall–Kier alpha value is -3.70. The first-order valence-corrected chi connectivity index (χ1v) is 9.55. The molecule has 0 unspecified atom stereocenters. The summed E-state index contributed by atoms with van der Waals surface area (Å²) in [6, 6.07) is 0. The third kappa shape index (κ3) is 3.88. The van der Waals surface area contributed by atoms with Gasteiger partial charge in [-0.2, -0.15) is 4.98 Å². The number of rotatable bonds is 6. The molecule has 4 heterocycles. The number of piperidine rings is 1. The second-order valence-electron chi connectivity index (χ2n) is 6.79. The quantitative estimate of drug-likeness (QED) is 0.357. The van der Waals surface area contributed by atoms with Gasteiger partial charge in [-0.25, -0.2) is 10.0 Å². The molecule has 0 N–H and O–H groups in total. The van der Waals surface area contributed by atoms with E-state index in [4.69, 9.17) is 14.1 Å². The van der Waals surface area contributed by atoms with Crippen LogP contribution in [0.3, 0.4) is 0 Å². The summed E-state index contributed by atoms with van der Waals surface area (Å²) in [7, 11) is 0. The molecule has 1 saturated heterocycles. The molecule has 2 aromatic heterocycles. The third-order valence-corrected chi connectivity index (χ3v) is 4.94. The normalized spacial score (nSPS) is 16.3. The van der Waals surface area contributed by atoms with Crippen molar-refractivity contribution in [2.75, 3.05) is 31.1 Å². The lowest BCUT2D eigenvalue weighted by atomic mass is 9.97. The van der Waals surface area contributed by atoms with Crippen molar-refractivity contribution in [1.29, 1.82) is 0 Å². The first kappa shape index (κ1) is 19.6. The molecule has 2 aromatic rings. The van der Waals surface area contributed by atoms with Crippen LogP contribution in [0.4, 0.5) is 11.5 Å². The maximum Gasteiger partial charge on any atom is 0.375 e. The number of nitrogens with zero attached hydrogens (tertiary/aromatic N) is 6. The molecule has 0 saturated carbocycles. The molecule has 0 amide bonds. The Labute approximate surface area is 170 Å². The van der Waals surface area contributed by atoms with Gasteiger partial charge in [0.25, 0.3) is 0 Å². The monoisotopic (exact) mass is 416 g/mol. The molecule has 2 aliphatic heterocycles. The van der Waals surface area contributed by atoms with Crippen molar-refractivity contribution < 1.29 is 23.8 Å². The van der Waals surface area contributed by atoms with Crippen LogP contribution >= 0.6 is 0 Å². The van der Waals surface area contributed by atoms with Gasteiger partial charge in [0.1, 0.15) is 6.33 Å². The number of carbonyl (C=O) groups is 1. The zero-order valence-electron chi connectivity index (χ0n) is 16.3. The molecule has 0 radical (unpaired) electrons. The molecule has 0 spiro atoms. The fourth-order valence-corrected chi connectivity index (χ4v) is 3.46. The molecule has 0 bridgehead atoms. The minimum absolute atomic E-state index is 0.165. The lowest BCUT2D eigenvalue weighted by Gasteiger charge is -2.31. The van der Waals surface area contributed by atoms with E-state index in [0.29, 0.717) is 49.7 Å². The van der Waals surface area contributed by atoms with Crippen LogP contribution in [-0.2, 0) is 9.53 Å². The van der Waals surface area contributed by atoms with Gasteiger partial charge < -0.3 is 19.0 Å². The van der Waals surface area contributed by atoms with Crippen molar-refractivity contribution in [3.63, 3.8) is 0 Å². The molecule has 0 aliphatic carbocycles. The van der Waals surface area contributed by atoms with Crippen molar-refractivity contribution in [3.05, 3.63) is 33.3 Å². The number of hydrogen-bond acceptors (Lipinski definition) is 11.